The molecule has 2 amide bonds. The number of hydrogen-bond acceptors (Lipinski definition) is 4. The second-order valence-corrected chi connectivity index (χ2v) is 10.9. The summed E-state index contributed by atoms with van der Waals surface area (Å²) in [4.78, 5) is 27.4. The Kier molecular flexibility index (Phi) is 7.88. The number of imide groups is 1. The minimum absolute atomic E-state index is 0.190. The van der Waals surface area contributed by atoms with E-state index in [0.717, 1.165) is 51.3 Å². The van der Waals surface area contributed by atoms with Crippen LogP contribution in [0.2, 0.25) is 10.0 Å². The topological polar surface area (TPSA) is 51.5 Å². The lowest BCUT2D eigenvalue weighted by Gasteiger charge is -2.17. The number of amides is 2. The summed E-state index contributed by atoms with van der Waals surface area (Å²) in [6, 6.07) is 13.6. The molecule has 8 heteroatoms. The second kappa shape index (κ2) is 10.8. The highest BCUT2D eigenvalue weighted by Crippen LogP contribution is 2.35. The Morgan fingerprint density at radius 1 is 1.00 bits per heavy atom. The number of carbonyl (C=O) groups excluding carboxylic acids is 2. The molecular formula is C28H28Cl2N2O3S. The lowest BCUT2D eigenvalue weighted by Crippen LogP contribution is -2.32. The molecule has 3 aromatic rings. The highest BCUT2D eigenvalue weighted by Gasteiger charge is 2.35. The molecule has 0 bridgehead atoms. The summed E-state index contributed by atoms with van der Waals surface area (Å²) in [5, 5.41) is 0.669. The molecule has 0 aliphatic carbocycles. The van der Waals surface area contributed by atoms with Crippen LogP contribution in [-0.4, -0.2) is 33.8 Å². The van der Waals surface area contributed by atoms with E-state index in [1.54, 1.807) is 18.2 Å². The van der Waals surface area contributed by atoms with E-state index in [4.69, 9.17) is 27.9 Å². The number of thioether (sulfide) groups is 1. The van der Waals surface area contributed by atoms with E-state index in [0.29, 0.717) is 20.9 Å². The maximum Gasteiger partial charge on any atom is 0.293 e. The number of aryl methyl sites for hydroxylation is 2. The van der Waals surface area contributed by atoms with Crippen LogP contribution in [0, 0.1) is 20.8 Å². The van der Waals surface area contributed by atoms with Gasteiger partial charge in [-0.1, -0.05) is 49.2 Å². The summed E-state index contributed by atoms with van der Waals surface area (Å²) in [6.07, 6.45) is 1.78. The molecular weight excluding hydrogens is 515 g/mol. The van der Waals surface area contributed by atoms with E-state index in [-0.39, 0.29) is 24.3 Å². The first-order chi connectivity index (χ1) is 17.1. The second-order valence-electron chi connectivity index (χ2n) is 9.14. The quantitative estimate of drug-likeness (QED) is 0.284. The maximum absolute atomic E-state index is 13.1. The zero-order valence-corrected chi connectivity index (χ0v) is 23.2. The maximum atomic E-state index is 13.1. The minimum atomic E-state index is -0.304. The normalized spacial score (nSPS) is 15.0. The van der Waals surface area contributed by atoms with Crippen molar-refractivity contribution in [2.45, 2.75) is 40.5 Å². The van der Waals surface area contributed by atoms with Gasteiger partial charge in [-0.25, -0.2) is 0 Å². The molecule has 1 aliphatic heterocycles. The third kappa shape index (κ3) is 5.36. The Morgan fingerprint density at radius 3 is 2.44 bits per heavy atom. The van der Waals surface area contributed by atoms with Gasteiger partial charge < -0.3 is 9.30 Å². The summed E-state index contributed by atoms with van der Waals surface area (Å²) in [7, 11) is 0. The number of rotatable bonds is 7. The van der Waals surface area contributed by atoms with Crippen molar-refractivity contribution < 1.29 is 14.3 Å². The van der Waals surface area contributed by atoms with Crippen molar-refractivity contribution >= 4 is 52.2 Å². The molecule has 2 heterocycles. The van der Waals surface area contributed by atoms with Gasteiger partial charge in [-0.2, -0.15) is 0 Å². The lowest BCUT2D eigenvalue weighted by molar-refractivity contribution is -0.123. The number of ether oxygens (including phenoxy) is 1. The predicted octanol–water partition coefficient (Wildman–Crippen LogP) is 7.95. The van der Waals surface area contributed by atoms with Gasteiger partial charge in [-0.05, 0) is 91.5 Å². The lowest BCUT2D eigenvalue weighted by atomic mass is 10.0. The van der Waals surface area contributed by atoms with Crippen molar-refractivity contribution in [2.75, 3.05) is 13.2 Å². The Labute approximate surface area is 226 Å². The van der Waals surface area contributed by atoms with Gasteiger partial charge in [0.25, 0.3) is 11.1 Å². The van der Waals surface area contributed by atoms with Crippen LogP contribution >= 0.6 is 35.0 Å². The van der Waals surface area contributed by atoms with Gasteiger partial charge in [0.1, 0.15) is 12.4 Å². The molecule has 36 heavy (non-hydrogen) atoms. The third-order valence-electron chi connectivity index (χ3n) is 6.16. The van der Waals surface area contributed by atoms with E-state index < -0.39 is 0 Å². The third-order valence-corrected chi connectivity index (χ3v) is 7.80. The molecule has 0 saturated carbocycles. The SMILES string of the molecule is Cc1ccc(C(C)C)c(OCCN2C(=O)S/C(=C\c3cc(C)n(-c4ccc(Cl)c(Cl)c4)c3C)C2=O)c1. The smallest absolute Gasteiger partial charge is 0.293 e. The summed E-state index contributed by atoms with van der Waals surface area (Å²) in [5.74, 6) is 0.798. The van der Waals surface area contributed by atoms with Gasteiger partial charge in [0.2, 0.25) is 0 Å². The van der Waals surface area contributed by atoms with Crippen LogP contribution in [0.15, 0.2) is 47.4 Å². The molecule has 1 aromatic heterocycles. The largest absolute Gasteiger partial charge is 0.491 e. The first-order valence-corrected chi connectivity index (χ1v) is 13.3. The van der Waals surface area contributed by atoms with Gasteiger partial charge in [0, 0.05) is 17.1 Å². The van der Waals surface area contributed by atoms with Crippen LogP contribution in [0.1, 0.15) is 47.8 Å². The van der Waals surface area contributed by atoms with E-state index in [1.807, 2.05) is 43.5 Å². The molecule has 4 rings (SSSR count). The van der Waals surface area contributed by atoms with Gasteiger partial charge in [-0.15, -0.1) is 0 Å². The van der Waals surface area contributed by atoms with Crippen LogP contribution in [0.5, 0.6) is 5.75 Å². The van der Waals surface area contributed by atoms with Crippen molar-refractivity contribution in [1.82, 2.24) is 9.47 Å². The zero-order valence-electron chi connectivity index (χ0n) is 20.9. The molecule has 188 valence electrons. The van der Waals surface area contributed by atoms with Gasteiger partial charge in [0.15, 0.2) is 0 Å². The Morgan fingerprint density at radius 2 is 1.75 bits per heavy atom. The van der Waals surface area contributed by atoms with Gasteiger partial charge in [-0.3, -0.25) is 14.5 Å². The Balaban J connectivity index is 1.50. The summed E-state index contributed by atoms with van der Waals surface area (Å²) >= 11 is 13.2. The average molecular weight is 544 g/mol. The minimum Gasteiger partial charge on any atom is -0.491 e. The molecule has 0 N–H and O–H groups in total. The molecule has 5 nitrogen and oxygen atoms in total. The van der Waals surface area contributed by atoms with E-state index >= 15 is 0 Å². The van der Waals surface area contributed by atoms with Crippen LogP contribution in [0.4, 0.5) is 4.79 Å². The molecule has 0 atom stereocenters. The van der Waals surface area contributed by atoms with E-state index in [9.17, 15) is 9.59 Å². The Bertz CT molecular complexity index is 1380. The number of nitrogens with zero attached hydrogens (tertiary/aromatic N) is 2. The molecule has 2 aromatic carbocycles. The predicted molar refractivity (Wildman–Crippen MR) is 149 cm³/mol. The zero-order chi connectivity index (χ0) is 26.1. The number of benzene rings is 2. The van der Waals surface area contributed by atoms with E-state index in [2.05, 4.69) is 26.0 Å². The average Bonchev–Trinajstić information content (AvgIpc) is 3.24. The number of hydrogen-bond donors (Lipinski definition) is 0. The van der Waals surface area contributed by atoms with Crippen LogP contribution in [-0.2, 0) is 4.79 Å². The van der Waals surface area contributed by atoms with Gasteiger partial charge >= 0.3 is 0 Å². The van der Waals surface area contributed by atoms with Crippen molar-refractivity contribution in [3.05, 3.63) is 85.5 Å². The fourth-order valence-corrected chi connectivity index (χ4v) is 5.43. The first kappa shape index (κ1) is 26.4. The summed E-state index contributed by atoms with van der Waals surface area (Å²) < 4.78 is 8.04. The highest BCUT2D eigenvalue weighted by molar-refractivity contribution is 8.18. The fourth-order valence-electron chi connectivity index (χ4n) is 4.28. The van der Waals surface area contributed by atoms with Crippen molar-refractivity contribution in [3.8, 4) is 11.4 Å². The van der Waals surface area contributed by atoms with Crippen molar-refractivity contribution in [3.63, 3.8) is 0 Å². The number of halogens is 2. The highest BCUT2D eigenvalue weighted by atomic mass is 35.5. The number of aromatic nitrogens is 1. The number of carbonyl (C=O) groups is 2. The van der Waals surface area contributed by atoms with Crippen LogP contribution in [0.25, 0.3) is 11.8 Å². The van der Waals surface area contributed by atoms with Crippen molar-refractivity contribution in [1.29, 1.82) is 0 Å². The summed E-state index contributed by atoms with van der Waals surface area (Å²) in [6.45, 7) is 10.6. The van der Waals surface area contributed by atoms with Crippen molar-refractivity contribution in [2.24, 2.45) is 0 Å². The molecule has 0 unspecified atom stereocenters. The van der Waals surface area contributed by atoms with Crippen LogP contribution < -0.4 is 4.74 Å². The van der Waals surface area contributed by atoms with Gasteiger partial charge in [0.05, 0.1) is 21.5 Å². The molecule has 0 spiro atoms. The molecule has 1 saturated heterocycles. The standard InChI is InChI=1S/C28H28Cl2N2O3S/c1-16(2)22-8-6-17(3)12-25(22)35-11-10-31-27(33)26(36-28(31)34)14-20-13-18(4)32(19(20)5)21-7-9-23(29)24(30)15-21/h6-9,12-16H,10-11H2,1-5H3/b26-14-. The van der Waals surface area contributed by atoms with E-state index in [1.165, 1.54) is 4.90 Å². The first-order valence-electron chi connectivity index (χ1n) is 11.7. The Hall–Kier alpha value is -2.67. The molecule has 0 radical (unpaired) electrons. The monoisotopic (exact) mass is 542 g/mol. The van der Waals surface area contributed by atoms with Crippen LogP contribution in [0.3, 0.4) is 0 Å². The molecule has 1 aliphatic rings. The molecule has 1 fully saturated rings. The summed E-state index contributed by atoms with van der Waals surface area (Å²) in [5.41, 5.74) is 5.85. The fraction of sp³-hybridized carbons (Fsp3) is 0.286.